The van der Waals surface area contributed by atoms with Crippen LogP contribution in [0, 0.1) is 5.82 Å². The average molecular weight is 265 g/mol. The summed E-state index contributed by atoms with van der Waals surface area (Å²) in [6.45, 7) is 7.93. The molecule has 0 spiro atoms. The summed E-state index contributed by atoms with van der Waals surface area (Å²) in [5.74, 6) is -0.126. The van der Waals surface area contributed by atoms with Gasteiger partial charge in [-0.1, -0.05) is 13.0 Å². The molecule has 1 aliphatic heterocycles. The minimum absolute atomic E-state index is 0.126. The maximum absolute atomic E-state index is 13.9. The summed E-state index contributed by atoms with van der Waals surface area (Å²) in [5, 5.41) is 0. The van der Waals surface area contributed by atoms with E-state index in [2.05, 4.69) is 16.7 Å². The summed E-state index contributed by atoms with van der Waals surface area (Å²) in [7, 11) is 0. The Kier molecular flexibility index (Phi) is 5.16. The Labute approximate surface area is 115 Å². The van der Waals surface area contributed by atoms with E-state index in [1.54, 1.807) is 6.07 Å². The van der Waals surface area contributed by atoms with Crippen molar-refractivity contribution in [3.63, 3.8) is 0 Å². The zero-order valence-corrected chi connectivity index (χ0v) is 11.7. The molecule has 0 bridgehead atoms. The average Bonchev–Trinajstić information content (AvgIpc) is 2.43. The Balaban J connectivity index is 2.08. The molecule has 2 N–H and O–H groups in total. The maximum Gasteiger partial charge on any atom is 0.128 e. The SMILES string of the molecule is CCCN1CCN(c2cccc(F)c2CCN)CC1. The van der Waals surface area contributed by atoms with Gasteiger partial charge in [-0.25, -0.2) is 4.39 Å². The molecule has 0 saturated carbocycles. The third kappa shape index (κ3) is 3.45. The molecule has 1 aromatic rings. The molecule has 1 saturated heterocycles. The van der Waals surface area contributed by atoms with Crippen LogP contribution in [0.3, 0.4) is 0 Å². The van der Waals surface area contributed by atoms with Gasteiger partial charge >= 0.3 is 0 Å². The van der Waals surface area contributed by atoms with Crippen molar-refractivity contribution in [2.45, 2.75) is 19.8 Å². The summed E-state index contributed by atoms with van der Waals surface area (Å²) >= 11 is 0. The molecule has 4 heteroatoms. The highest BCUT2D eigenvalue weighted by atomic mass is 19.1. The van der Waals surface area contributed by atoms with E-state index in [0.717, 1.165) is 44.0 Å². The fourth-order valence-corrected chi connectivity index (χ4v) is 2.76. The van der Waals surface area contributed by atoms with Crippen LogP contribution in [0.2, 0.25) is 0 Å². The third-order valence-corrected chi connectivity index (χ3v) is 3.74. The fraction of sp³-hybridized carbons (Fsp3) is 0.600. The lowest BCUT2D eigenvalue weighted by molar-refractivity contribution is 0.258. The lowest BCUT2D eigenvalue weighted by Crippen LogP contribution is -2.46. The van der Waals surface area contributed by atoms with Gasteiger partial charge in [0.2, 0.25) is 0 Å². The molecule has 0 aromatic heterocycles. The smallest absolute Gasteiger partial charge is 0.128 e. The van der Waals surface area contributed by atoms with E-state index < -0.39 is 0 Å². The second-order valence-electron chi connectivity index (χ2n) is 5.10. The first-order valence-corrected chi connectivity index (χ1v) is 7.21. The van der Waals surface area contributed by atoms with Gasteiger partial charge in [0.15, 0.2) is 0 Å². The second kappa shape index (κ2) is 6.87. The standard InChI is InChI=1S/C15H24FN3/c1-2-8-18-9-11-19(12-10-18)15-5-3-4-14(16)13(15)6-7-17/h3-5H,2,6-12,17H2,1H3. The molecule has 106 valence electrons. The molecule has 0 unspecified atom stereocenters. The Morgan fingerprint density at radius 2 is 1.95 bits per heavy atom. The van der Waals surface area contributed by atoms with Crippen LogP contribution in [0.5, 0.6) is 0 Å². The van der Waals surface area contributed by atoms with Crippen LogP contribution in [0.25, 0.3) is 0 Å². The molecular formula is C15H24FN3. The van der Waals surface area contributed by atoms with E-state index in [1.807, 2.05) is 6.07 Å². The van der Waals surface area contributed by atoms with Gasteiger partial charge in [0.1, 0.15) is 5.82 Å². The van der Waals surface area contributed by atoms with E-state index in [0.29, 0.717) is 13.0 Å². The summed E-state index contributed by atoms with van der Waals surface area (Å²) in [6, 6.07) is 5.34. The van der Waals surface area contributed by atoms with Gasteiger partial charge in [-0.15, -0.1) is 0 Å². The number of nitrogens with zero attached hydrogens (tertiary/aromatic N) is 2. The van der Waals surface area contributed by atoms with Crippen molar-refractivity contribution in [2.24, 2.45) is 5.73 Å². The molecule has 1 aliphatic rings. The highest BCUT2D eigenvalue weighted by molar-refractivity contribution is 5.54. The lowest BCUT2D eigenvalue weighted by atomic mass is 10.1. The second-order valence-corrected chi connectivity index (χ2v) is 5.10. The normalized spacial score (nSPS) is 16.9. The van der Waals surface area contributed by atoms with Crippen molar-refractivity contribution in [1.29, 1.82) is 0 Å². The van der Waals surface area contributed by atoms with E-state index in [9.17, 15) is 4.39 Å². The predicted octanol–water partition coefficient (Wildman–Crippen LogP) is 1.86. The van der Waals surface area contributed by atoms with Gasteiger partial charge in [0.05, 0.1) is 0 Å². The minimum atomic E-state index is -0.126. The zero-order valence-electron chi connectivity index (χ0n) is 11.7. The lowest BCUT2D eigenvalue weighted by Gasteiger charge is -2.37. The van der Waals surface area contributed by atoms with E-state index >= 15 is 0 Å². The fourth-order valence-electron chi connectivity index (χ4n) is 2.76. The Hall–Kier alpha value is -1.13. The zero-order chi connectivity index (χ0) is 13.7. The van der Waals surface area contributed by atoms with Gasteiger partial charge in [-0.2, -0.15) is 0 Å². The van der Waals surface area contributed by atoms with Gasteiger partial charge in [-0.05, 0) is 38.1 Å². The van der Waals surface area contributed by atoms with Crippen molar-refractivity contribution in [3.05, 3.63) is 29.6 Å². The number of halogens is 1. The van der Waals surface area contributed by atoms with E-state index in [4.69, 9.17) is 5.73 Å². The highest BCUT2D eigenvalue weighted by Crippen LogP contribution is 2.24. The van der Waals surface area contributed by atoms with Crippen LogP contribution >= 0.6 is 0 Å². The maximum atomic E-state index is 13.9. The summed E-state index contributed by atoms with van der Waals surface area (Å²) < 4.78 is 13.9. The number of hydrogen-bond acceptors (Lipinski definition) is 3. The summed E-state index contributed by atoms with van der Waals surface area (Å²) in [4.78, 5) is 4.76. The molecule has 0 radical (unpaired) electrons. The quantitative estimate of drug-likeness (QED) is 0.882. The molecule has 2 rings (SSSR count). The van der Waals surface area contributed by atoms with Gasteiger partial charge < -0.3 is 10.6 Å². The van der Waals surface area contributed by atoms with Crippen LogP contribution in [0.15, 0.2) is 18.2 Å². The first-order valence-electron chi connectivity index (χ1n) is 7.21. The Morgan fingerprint density at radius 1 is 1.21 bits per heavy atom. The largest absolute Gasteiger partial charge is 0.369 e. The number of rotatable bonds is 5. The number of hydrogen-bond donors (Lipinski definition) is 1. The molecule has 1 aromatic carbocycles. The van der Waals surface area contributed by atoms with Crippen molar-refractivity contribution in [3.8, 4) is 0 Å². The Morgan fingerprint density at radius 3 is 2.58 bits per heavy atom. The van der Waals surface area contributed by atoms with E-state index in [-0.39, 0.29) is 5.82 Å². The third-order valence-electron chi connectivity index (χ3n) is 3.74. The highest BCUT2D eigenvalue weighted by Gasteiger charge is 2.19. The number of anilines is 1. The van der Waals surface area contributed by atoms with Gasteiger partial charge in [0.25, 0.3) is 0 Å². The number of benzene rings is 1. The number of nitrogens with two attached hydrogens (primary N) is 1. The molecule has 0 aliphatic carbocycles. The van der Waals surface area contributed by atoms with E-state index in [1.165, 1.54) is 12.5 Å². The summed E-state index contributed by atoms with van der Waals surface area (Å²) in [6.07, 6.45) is 1.80. The van der Waals surface area contributed by atoms with Gasteiger partial charge in [0, 0.05) is 37.4 Å². The molecule has 1 fully saturated rings. The van der Waals surface area contributed by atoms with Crippen molar-refractivity contribution in [1.82, 2.24) is 4.90 Å². The molecule has 19 heavy (non-hydrogen) atoms. The van der Waals surface area contributed by atoms with Crippen LogP contribution in [-0.2, 0) is 6.42 Å². The monoisotopic (exact) mass is 265 g/mol. The molecule has 3 nitrogen and oxygen atoms in total. The van der Waals surface area contributed by atoms with Crippen LogP contribution < -0.4 is 10.6 Å². The van der Waals surface area contributed by atoms with Gasteiger partial charge in [-0.3, -0.25) is 4.90 Å². The molecule has 1 heterocycles. The van der Waals surface area contributed by atoms with Crippen molar-refractivity contribution in [2.75, 3.05) is 44.2 Å². The molecule has 0 atom stereocenters. The first-order chi connectivity index (χ1) is 9.26. The predicted molar refractivity (Wildman–Crippen MR) is 78.1 cm³/mol. The number of piperazine rings is 1. The molecule has 0 amide bonds. The molecular weight excluding hydrogens is 241 g/mol. The first kappa shape index (κ1) is 14.3. The van der Waals surface area contributed by atoms with Crippen molar-refractivity contribution >= 4 is 5.69 Å². The van der Waals surface area contributed by atoms with Crippen LogP contribution in [0.1, 0.15) is 18.9 Å². The topological polar surface area (TPSA) is 32.5 Å². The Bertz CT molecular complexity index is 400. The summed E-state index contributed by atoms with van der Waals surface area (Å²) in [5.41, 5.74) is 7.40. The van der Waals surface area contributed by atoms with Crippen LogP contribution in [0.4, 0.5) is 10.1 Å². The minimum Gasteiger partial charge on any atom is -0.369 e. The van der Waals surface area contributed by atoms with Crippen molar-refractivity contribution < 1.29 is 4.39 Å². The van der Waals surface area contributed by atoms with Crippen LogP contribution in [-0.4, -0.2) is 44.2 Å².